The summed E-state index contributed by atoms with van der Waals surface area (Å²) in [5.41, 5.74) is 2.89. The van der Waals surface area contributed by atoms with Gasteiger partial charge in [0.05, 0.1) is 6.04 Å². The van der Waals surface area contributed by atoms with Crippen LogP contribution in [0, 0.1) is 5.92 Å². The second kappa shape index (κ2) is 12.3. The van der Waals surface area contributed by atoms with E-state index in [4.69, 9.17) is 14.2 Å². The first-order valence-electron chi connectivity index (χ1n) is 14.1. The Balaban J connectivity index is 1.34. The lowest BCUT2D eigenvalue weighted by molar-refractivity contribution is -0.135. The van der Waals surface area contributed by atoms with E-state index < -0.39 is 0 Å². The zero-order valence-electron chi connectivity index (χ0n) is 23.7. The Hall–Kier alpha value is -3.52. The highest BCUT2D eigenvalue weighted by Crippen LogP contribution is 2.35. The minimum absolute atomic E-state index is 0.0106. The van der Waals surface area contributed by atoms with Gasteiger partial charge in [0.15, 0.2) is 11.5 Å². The van der Waals surface area contributed by atoms with Gasteiger partial charge in [0.1, 0.15) is 18.9 Å². The molecule has 2 aliphatic heterocycles. The maximum Gasteiger partial charge on any atom is 0.254 e. The molecule has 0 N–H and O–H groups in total. The van der Waals surface area contributed by atoms with E-state index >= 15 is 0 Å². The van der Waals surface area contributed by atoms with Crippen molar-refractivity contribution < 1.29 is 23.8 Å². The maximum atomic E-state index is 13.9. The van der Waals surface area contributed by atoms with Gasteiger partial charge in [0.25, 0.3) is 5.91 Å². The lowest BCUT2D eigenvalue weighted by Crippen LogP contribution is -2.48. The molecule has 0 radical (unpaired) electrons. The SMILES string of the molecule is CC[C@@H](C)CN(CC(=O)N1CCc2sccc2[C@@H]1COc1ccc(C(C)C)cc1)C(=O)c1ccc2c(c1)OCO2. The number of rotatable bonds is 10. The molecule has 0 fully saturated rings. The Morgan fingerprint density at radius 3 is 2.60 bits per heavy atom. The molecule has 2 aliphatic rings. The Bertz CT molecular complexity index is 1340. The van der Waals surface area contributed by atoms with E-state index in [9.17, 15) is 9.59 Å². The number of carbonyl (C=O) groups excluding carboxylic acids is 2. The van der Waals surface area contributed by atoms with E-state index in [0.29, 0.717) is 42.7 Å². The van der Waals surface area contributed by atoms with Gasteiger partial charge in [0, 0.05) is 23.5 Å². The van der Waals surface area contributed by atoms with Crippen molar-refractivity contribution in [2.24, 2.45) is 5.92 Å². The molecule has 2 aromatic carbocycles. The average Bonchev–Trinajstić information content (AvgIpc) is 3.64. The van der Waals surface area contributed by atoms with E-state index in [0.717, 1.165) is 24.2 Å². The molecule has 5 rings (SSSR count). The number of benzene rings is 2. The highest BCUT2D eigenvalue weighted by Gasteiger charge is 2.34. The fourth-order valence-corrected chi connectivity index (χ4v) is 6.12. The van der Waals surface area contributed by atoms with E-state index in [2.05, 4.69) is 51.3 Å². The van der Waals surface area contributed by atoms with Gasteiger partial charge in [0.2, 0.25) is 12.7 Å². The number of hydrogen-bond acceptors (Lipinski definition) is 6. The second-order valence-corrected chi connectivity index (χ2v) is 12.0. The van der Waals surface area contributed by atoms with Crippen molar-refractivity contribution in [2.45, 2.75) is 52.5 Å². The normalized spacial score (nSPS) is 16.5. The van der Waals surface area contributed by atoms with Crippen LogP contribution in [-0.4, -0.2) is 54.6 Å². The van der Waals surface area contributed by atoms with Crippen LogP contribution in [0.2, 0.25) is 0 Å². The molecule has 0 bridgehead atoms. The number of thiophene rings is 1. The summed E-state index contributed by atoms with van der Waals surface area (Å²) in [5.74, 6) is 2.42. The molecule has 2 atom stereocenters. The van der Waals surface area contributed by atoms with E-state index in [-0.39, 0.29) is 37.1 Å². The van der Waals surface area contributed by atoms with Crippen LogP contribution in [0.1, 0.15) is 72.4 Å². The fraction of sp³-hybridized carbons (Fsp3) is 0.438. The van der Waals surface area contributed by atoms with Crippen molar-refractivity contribution in [1.82, 2.24) is 9.80 Å². The molecule has 0 saturated carbocycles. The molecular formula is C32H38N2O5S. The zero-order valence-corrected chi connectivity index (χ0v) is 24.5. The van der Waals surface area contributed by atoms with Gasteiger partial charge in [-0.3, -0.25) is 9.59 Å². The predicted molar refractivity (Wildman–Crippen MR) is 156 cm³/mol. The summed E-state index contributed by atoms with van der Waals surface area (Å²) in [6.45, 7) is 10.1. The Morgan fingerprint density at radius 2 is 1.85 bits per heavy atom. The molecule has 212 valence electrons. The van der Waals surface area contributed by atoms with Gasteiger partial charge in [-0.2, -0.15) is 0 Å². The number of hydrogen-bond donors (Lipinski definition) is 0. The summed E-state index contributed by atoms with van der Waals surface area (Å²) in [5, 5.41) is 2.08. The molecule has 40 heavy (non-hydrogen) atoms. The largest absolute Gasteiger partial charge is 0.491 e. The predicted octanol–water partition coefficient (Wildman–Crippen LogP) is 6.29. The first kappa shape index (κ1) is 28.0. The molecule has 8 heteroatoms. The third-order valence-electron chi connectivity index (χ3n) is 7.83. The number of nitrogens with zero attached hydrogens (tertiary/aromatic N) is 2. The zero-order chi connectivity index (χ0) is 28.2. The molecule has 3 aromatic rings. The van der Waals surface area contributed by atoms with Crippen LogP contribution in [0.25, 0.3) is 0 Å². The second-order valence-electron chi connectivity index (χ2n) is 11.0. The lowest BCUT2D eigenvalue weighted by Gasteiger charge is -2.37. The molecule has 3 heterocycles. The molecule has 1 aromatic heterocycles. The van der Waals surface area contributed by atoms with E-state index in [1.807, 2.05) is 17.0 Å². The molecule has 0 spiro atoms. The van der Waals surface area contributed by atoms with Crippen molar-refractivity contribution in [3.8, 4) is 17.2 Å². The number of fused-ring (bicyclic) bond motifs is 2. The number of amides is 2. The lowest BCUT2D eigenvalue weighted by atomic mass is 10.00. The van der Waals surface area contributed by atoms with Crippen LogP contribution in [0.5, 0.6) is 17.2 Å². The fourth-order valence-electron chi connectivity index (χ4n) is 5.19. The summed E-state index contributed by atoms with van der Waals surface area (Å²) in [6.07, 6.45) is 1.72. The monoisotopic (exact) mass is 562 g/mol. The van der Waals surface area contributed by atoms with Gasteiger partial charge in [-0.15, -0.1) is 11.3 Å². The molecule has 7 nitrogen and oxygen atoms in total. The molecule has 2 amide bonds. The van der Waals surface area contributed by atoms with Crippen molar-refractivity contribution >= 4 is 23.2 Å². The number of carbonyl (C=O) groups is 2. The molecule has 0 saturated heterocycles. The summed E-state index contributed by atoms with van der Waals surface area (Å²) in [6, 6.07) is 15.3. The molecule has 0 aliphatic carbocycles. The summed E-state index contributed by atoms with van der Waals surface area (Å²) in [7, 11) is 0. The van der Waals surface area contributed by atoms with Crippen LogP contribution in [0.3, 0.4) is 0 Å². The first-order valence-corrected chi connectivity index (χ1v) is 15.0. The van der Waals surface area contributed by atoms with Crippen molar-refractivity contribution in [1.29, 1.82) is 0 Å². The third kappa shape index (κ3) is 6.12. The minimum Gasteiger partial charge on any atom is -0.491 e. The molecular weight excluding hydrogens is 524 g/mol. The minimum atomic E-state index is -0.210. The van der Waals surface area contributed by atoms with Crippen molar-refractivity contribution in [3.63, 3.8) is 0 Å². The van der Waals surface area contributed by atoms with Gasteiger partial charge in [-0.05, 0) is 71.2 Å². The maximum absolute atomic E-state index is 13.9. The van der Waals surface area contributed by atoms with Crippen molar-refractivity contribution in [3.05, 3.63) is 75.5 Å². The van der Waals surface area contributed by atoms with Gasteiger partial charge in [-0.1, -0.05) is 46.2 Å². The third-order valence-corrected chi connectivity index (χ3v) is 8.83. The Morgan fingerprint density at radius 1 is 1.07 bits per heavy atom. The summed E-state index contributed by atoms with van der Waals surface area (Å²) in [4.78, 5) is 32.5. The Kier molecular flexibility index (Phi) is 8.64. The highest BCUT2D eigenvalue weighted by molar-refractivity contribution is 7.10. The van der Waals surface area contributed by atoms with E-state index in [1.165, 1.54) is 10.4 Å². The van der Waals surface area contributed by atoms with Gasteiger partial charge >= 0.3 is 0 Å². The average molecular weight is 563 g/mol. The topological polar surface area (TPSA) is 68.3 Å². The molecule has 0 unspecified atom stereocenters. The standard InChI is InChI=1S/C32H38N2O5S/c1-5-22(4)17-33(32(36)24-8-11-28-29(16-24)39-20-38-28)18-31(35)34-14-12-30-26(13-15-40-30)27(34)19-37-25-9-6-23(7-10-25)21(2)3/h6-11,13,15-16,21-22,27H,5,12,14,17-20H2,1-4H3/t22-,27+/m1/s1. The quantitative estimate of drug-likeness (QED) is 0.290. The highest BCUT2D eigenvalue weighted by atomic mass is 32.1. The van der Waals surface area contributed by atoms with Gasteiger partial charge < -0.3 is 24.0 Å². The van der Waals surface area contributed by atoms with Crippen LogP contribution >= 0.6 is 11.3 Å². The first-order chi connectivity index (χ1) is 19.3. The van der Waals surface area contributed by atoms with Crippen LogP contribution in [-0.2, 0) is 11.2 Å². The van der Waals surface area contributed by atoms with Crippen molar-refractivity contribution in [2.75, 3.05) is 33.0 Å². The van der Waals surface area contributed by atoms with E-state index in [1.54, 1.807) is 34.4 Å². The van der Waals surface area contributed by atoms with Crippen LogP contribution < -0.4 is 14.2 Å². The Labute approximate surface area is 240 Å². The summed E-state index contributed by atoms with van der Waals surface area (Å²) >= 11 is 1.73. The van der Waals surface area contributed by atoms with Gasteiger partial charge in [-0.25, -0.2) is 0 Å². The summed E-state index contributed by atoms with van der Waals surface area (Å²) < 4.78 is 17.1. The van der Waals surface area contributed by atoms with Crippen LogP contribution in [0.15, 0.2) is 53.9 Å². The van der Waals surface area contributed by atoms with Crippen LogP contribution in [0.4, 0.5) is 0 Å². The smallest absolute Gasteiger partial charge is 0.254 e. The number of ether oxygens (including phenoxy) is 3.